The second kappa shape index (κ2) is 15.4. The molecule has 1 fully saturated rings. The fourth-order valence-corrected chi connectivity index (χ4v) is 7.48. The van der Waals surface area contributed by atoms with Gasteiger partial charge in [0.05, 0.1) is 10.6 Å². The van der Waals surface area contributed by atoms with E-state index >= 15 is 0 Å². The van der Waals surface area contributed by atoms with Crippen LogP contribution in [0, 0.1) is 6.92 Å². The van der Waals surface area contributed by atoms with Gasteiger partial charge in [-0.2, -0.15) is 0 Å². The quantitative estimate of drug-likeness (QED) is 0.179. The molecule has 0 radical (unpaired) electrons. The van der Waals surface area contributed by atoms with Gasteiger partial charge in [-0.25, -0.2) is 8.42 Å². The van der Waals surface area contributed by atoms with E-state index in [-0.39, 0.29) is 35.5 Å². The molecule has 46 heavy (non-hydrogen) atoms. The average molecular weight is 658 g/mol. The van der Waals surface area contributed by atoms with Crippen LogP contribution in [0.15, 0.2) is 114 Å². The van der Waals surface area contributed by atoms with Crippen LogP contribution in [0.5, 0.6) is 0 Å². The molecule has 2 amide bonds. The molecule has 0 aromatic heterocycles. The van der Waals surface area contributed by atoms with E-state index in [2.05, 4.69) is 5.32 Å². The van der Waals surface area contributed by atoms with Gasteiger partial charge in [0, 0.05) is 24.0 Å². The third-order valence-corrected chi connectivity index (χ3v) is 10.4. The molecule has 240 valence electrons. The highest BCUT2D eigenvalue weighted by molar-refractivity contribution is 7.92. The monoisotopic (exact) mass is 657 g/mol. The zero-order valence-corrected chi connectivity index (χ0v) is 27.6. The van der Waals surface area contributed by atoms with Crippen LogP contribution in [0.4, 0.5) is 5.69 Å². The fourth-order valence-electron chi connectivity index (χ4n) is 5.87. The summed E-state index contributed by atoms with van der Waals surface area (Å²) in [5, 5.41) is 3.57. The Labute approximate surface area is 277 Å². The van der Waals surface area contributed by atoms with Crippen molar-refractivity contribution in [3.05, 3.63) is 131 Å². The molecule has 0 aliphatic heterocycles. The molecule has 4 aromatic rings. The number of carbonyl (C=O) groups excluding carboxylic acids is 2. The number of nitrogens with zero attached hydrogens (tertiary/aromatic N) is 2. The molecule has 1 aliphatic rings. The van der Waals surface area contributed by atoms with E-state index in [1.54, 1.807) is 36.4 Å². The van der Waals surface area contributed by atoms with Crippen molar-refractivity contribution in [2.75, 3.05) is 10.8 Å². The minimum Gasteiger partial charge on any atom is -0.352 e. The van der Waals surface area contributed by atoms with Gasteiger partial charge in [0.15, 0.2) is 0 Å². The standard InChI is InChI=1S/C37H40ClN3O4S/c1-28-20-22-30(23-21-28)26-40(35(24-29-12-5-2-6-13-29)37(43)39-32-15-7-3-8-16-32)36(42)27-41(33-17-11-14-31(38)25-33)46(44,45)34-18-9-4-10-19-34/h2,4-6,9-14,17-23,25,32,35H,3,7-8,15-16,24,26-27H2,1H3,(H,39,43)/t35-/m1/s1. The Hall–Kier alpha value is -4.14. The van der Waals surface area contributed by atoms with E-state index in [1.165, 1.54) is 23.1 Å². The predicted molar refractivity (Wildman–Crippen MR) is 183 cm³/mol. The summed E-state index contributed by atoms with van der Waals surface area (Å²) >= 11 is 6.31. The van der Waals surface area contributed by atoms with Crippen molar-refractivity contribution in [3.63, 3.8) is 0 Å². The third kappa shape index (κ3) is 8.56. The van der Waals surface area contributed by atoms with Crippen LogP contribution in [0.25, 0.3) is 0 Å². The molecule has 1 N–H and O–H groups in total. The molecule has 5 rings (SSSR count). The smallest absolute Gasteiger partial charge is 0.264 e. The number of hydrogen-bond donors (Lipinski definition) is 1. The summed E-state index contributed by atoms with van der Waals surface area (Å²) in [6.07, 6.45) is 5.31. The van der Waals surface area contributed by atoms with Gasteiger partial charge in [-0.3, -0.25) is 13.9 Å². The van der Waals surface area contributed by atoms with Crippen molar-refractivity contribution in [3.8, 4) is 0 Å². The molecular formula is C37H40ClN3O4S. The highest BCUT2D eigenvalue weighted by atomic mass is 35.5. The van der Waals surface area contributed by atoms with E-state index in [1.807, 2.05) is 61.5 Å². The molecule has 1 atom stereocenters. The van der Waals surface area contributed by atoms with Gasteiger partial charge in [0.1, 0.15) is 12.6 Å². The number of hydrogen-bond acceptors (Lipinski definition) is 4. The molecule has 0 spiro atoms. The Morgan fingerprint density at radius 3 is 2.13 bits per heavy atom. The van der Waals surface area contributed by atoms with E-state index in [9.17, 15) is 18.0 Å². The van der Waals surface area contributed by atoms with Crippen molar-refractivity contribution in [2.45, 2.75) is 69.0 Å². The summed E-state index contributed by atoms with van der Waals surface area (Å²) in [5.41, 5.74) is 3.06. The van der Waals surface area contributed by atoms with Crippen LogP contribution < -0.4 is 9.62 Å². The number of nitrogens with one attached hydrogen (secondary N) is 1. The lowest BCUT2D eigenvalue weighted by atomic mass is 9.94. The van der Waals surface area contributed by atoms with Gasteiger partial charge >= 0.3 is 0 Å². The van der Waals surface area contributed by atoms with Gasteiger partial charge in [-0.1, -0.05) is 115 Å². The first kappa shape index (κ1) is 33.2. The Morgan fingerprint density at radius 1 is 0.826 bits per heavy atom. The molecule has 9 heteroatoms. The van der Waals surface area contributed by atoms with Gasteiger partial charge in [0.2, 0.25) is 11.8 Å². The normalized spacial score (nSPS) is 14.3. The lowest BCUT2D eigenvalue weighted by Crippen LogP contribution is -2.55. The van der Waals surface area contributed by atoms with Crippen LogP contribution in [0.3, 0.4) is 0 Å². The first-order chi connectivity index (χ1) is 22.2. The second-order valence-electron chi connectivity index (χ2n) is 11.9. The number of anilines is 1. The number of amides is 2. The molecule has 0 unspecified atom stereocenters. The average Bonchev–Trinajstić information content (AvgIpc) is 3.07. The molecule has 1 aliphatic carbocycles. The number of aryl methyl sites for hydroxylation is 1. The zero-order chi connectivity index (χ0) is 32.5. The SMILES string of the molecule is Cc1ccc(CN(C(=O)CN(c2cccc(Cl)c2)S(=O)(=O)c2ccccc2)[C@H](Cc2ccccc2)C(=O)NC2CCCCC2)cc1. The molecule has 0 saturated heterocycles. The Balaban J connectivity index is 1.55. The van der Waals surface area contributed by atoms with E-state index in [4.69, 9.17) is 11.6 Å². The summed E-state index contributed by atoms with van der Waals surface area (Å²) in [6, 6.07) is 31.0. The lowest BCUT2D eigenvalue weighted by molar-refractivity contribution is -0.140. The predicted octanol–water partition coefficient (Wildman–Crippen LogP) is 6.93. The largest absolute Gasteiger partial charge is 0.352 e. The maximum Gasteiger partial charge on any atom is 0.264 e. The van der Waals surface area contributed by atoms with Gasteiger partial charge < -0.3 is 10.2 Å². The topological polar surface area (TPSA) is 86.8 Å². The second-order valence-corrected chi connectivity index (χ2v) is 14.2. The maximum absolute atomic E-state index is 14.6. The zero-order valence-electron chi connectivity index (χ0n) is 26.0. The highest BCUT2D eigenvalue weighted by Crippen LogP contribution is 2.27. The maximum atomic E-state index is 14.6. The van der Waals surface area contributed by atoms with Crippen LogP contribution in [0.1, 0.15) is 48.8 Å². The summed E-state index contributed by atoms with van der Waals surface area (Å²) in [4.78, 5) is 30.3. The van der Waals surface area contributed by atoms with Crippen LogP contribution in [-0.2, 0) is 32.6 Å². The van der Waals surface area contributed by atoms with Gasteiger partial charge in [-0.05, 0) is 61.2 Å². The van der Waals surface area contributed by atoms with E-state index in [0.29, 0.717) is 5.02 Å². The summed E-state index contributed by atoms with van der Waals surface area (Å²) in [5.74, 6) is -0.740. The van der Waals surface area contributed by atoms with Crippen molar-refractivity contribution in [1.29, 1.82) is 0 Å². The third-order valence-electron chi connectivity index (χ3n) is 8.40. The van der Waals surface area contributed by atoms with Crippen molar-refractivity contribution in [2.24, 2.45) is 0 Å². The minimum atomic E-state index is -4.18. The molecule has 1 saturated carbocycles. The van der Waals surface area contributed by atoms with Crippen molar-refractivity contribution in [1.82, 2.24) is 10.2 Å². The highest BCUT2D eigenvalue weighted by Gasteiger charge is 2.35. The van der Waals surface area contributed by atoms with Crippen LogP contribution in [0.2, 0.25) is 5.02 Å². The summed E-state index contributed by atoms with van der Waals surface area (Å²) < 4.78 is 29.3. The molecule has 4 aromatic carbocycles. The molecule has 0 bridgehead atoms. The number of halogens is 1. The first-order valence-corrected chi connectivity index (χ1v) is 17.6. The van der Waals surface area contributed by atoms with Crippen LogP contribution >= 0.6 is 11.6 Å². The van der Waals surface area contributed by atoms with E-state index in [0.717, 1.165) is 53.1 Å². The Kier molecular flexibility index (Phi) is 11.1. The van der Waals surface area contributed by atoms with E-state index < -0.39 is 28.5 Å². The molecular weight excluding hydrogens is 618 g/mol. The summed E-state index contributed by atoms with van der Waals surface area (Å²) in [7, 11) is -4.18. The minimum absolute atomic E-state index is 0.0391. The summed E-state index contributed by atoms with van der Waals surface area (Å²) in [6.45, 7) is 1.59. The Morgan fingerprint density at radius 2 is 1.48 bits per heavy atom. The Bertz CT molecular complexity index is 1710. The van der Waals surface area contributed by atoms with Gasteiger partial charge in [0.25, 0.3) is 10.0 Å². The number of rotatable bonds is 12. The fraction of sp³-hybridized carbons (Fsp3) is 0.297. The molecule has 7 nitrogen and oxygen atoms in total. The number of carbonyl (C=O) groups is 2. The van der Waals surface area contributed by atoms with Crippen LogP contribution in [-0.4, -0.2) is 43.8 Å². The molecule has 0 heterocycles. The van der Waals surface area contributed by atoms with Crippen molar-refractivity contribution >= 4 is 39.1 Å². The first-order valence-electron chi connectivity index (χ1n) is 15.7. The number of sulfonamides is 1. The number of benzene rings is 4. The van der Waals surface area contributed by atoms with Gasteiger partial charge in [-0.15, -0.1) is 0 Å². The van der Waals surface area contributed by atoms with Crippen molar-refractivity contribution < 1.29 is 18.0 Å². The lowest BCUT2D eigenvalue weighted by Gasteiger charge is -2.35.